The number of hydrogen-bond acceptors (Lipinski definition) is 6. The van der Waals surface area contributed by atoms with Crippen LogP contribution in [0.3, 0.4) is 0 Å². The number of rotatable bonds is 7. The Morgan fingerprint density at radius 3 is 2.74 bits per heavy atom. The molecule has 35 heavy (non-hydrogen) atoms. The molecule has 2 aliphatic carbocycles. The van der Waals surface area contributed by atoms with Crippen molar-refractivity contribution in [2.45, 2.75) is 25.4 Å². The van der Waals surface area contributed by atoms with E-state index in [1.165, 1.54) is 5.56 Å². The summed E-state index contributed by atoms with van der Waals surface area (Å²) in [6.45, 7) is 4.48. The molecule has 4 N–H and O–H groups in total. The van der Waals surface area contributed by atoms with Crippen molar-refractivity contribution >= 4 is 38.7 Å². The summed E-state index contributed by atoms with van der Waals surface area (Å²) in [5.74, 6) is 1.52. The van der Waals surface area contributed by atoms with Crippen LogP contribution in [-0.2, 0) is 16.1 Å². The summed E-state index contributed by atoms with van der Waals surface area (Å²) in [5.41, 5.74) is 10.3. The van der Waals surface area contributed by atoms with E-state index in [4.69, 9.17) is 15.5 Å². The molecule has 1 amide bonds. The van der Waals surface area contributed by atoms with Crippen molar-refractivity contribution in [3.05, 3.63) is 52.7 Å². The van der Waals surface area contributed by atoms with Gasteiger partial charge in [0, 0.05) is 43.9 Å². The van der Waals surface area contributed by atoms with E-state index in [1.54, 1.807) is 6.20 Å². The first-order chi connectivity index (χ1) is 17.0. The van der Waals surface area contributed by atoms with Gasteiger partial charge in [-0.1, -0.05) is 36.4 Å². The Morgan fingerprint density at radius 2 is 1.97 bits per heavy atom. The third-order valence-corrected chi connectivity index (χ3v) is 8.18. The lowest BCUT2D eigenvalue weighted by atomic mass is 9.86. The first kappa shape index (κ1) is 22.7. The van der Waals surface area contributed by atoms with Gasteiger partial charge in [0.05, 0.1) is 23.4 Å². The van der Waals surface area contributed by atoms with Crippen molar-refractivity contribution in [3.63, 3.8) is 0 Å². The molecule has 1 saturated carbocycles. The van der Waals surface area contributed by atoms with E-state index in [0.717, 1.165) is 66.3 Å². The first-order valence-electron chi connectivity index (χ1n) is 12.2. The van der Waals surface area contributed by atoms with Crippen molar-refractivity contribution in [2.24, 2.45) is 23.5 Å². The lowest BCUT2D eigenvalue weighted by Gasteiger charge is -2.29. The van der Waals surface area contributed by atoms with Crippen LogP contribution in [0.2, 0.25) is 0 Å². The Morgan fingerprint density at radius 1 is 1.20 bits per heavy atom. The second-order valence-corrected chi connectivity index (χ2v) is 10.7. The number of benzene rings is 1. The van der Waals surface area contributed by atoms with Crippen LogP contribution in [0, 0.1) is 17.8 Å². The van der Waals surface area contributed by atoms with Gasteiger partial charge in [0.2, 0.25) is 5.91 Å². The van der Waals surface area contributed by atoms with E-state index in [-0.39, 0.29) is 17.9 Å². The molecule has 1 aliphatic heterocycles. The van der Waals surface area contributed by atoms with Gasteiger partial charge in [0.1, 0.15) is 11.3 Å². The minimum Gasteiger partial charge on any atom is -0.379 e. The third-order valence-electron chi connectivity index (χ3n) is 7.58. The molecule has 0 spiro atoms. The number of aromatic nitrogens is 3. The van der Waals surface area contributed by atoms with Crippen LogP contribution < -0.4 is 11.1 Å². The summed E-state index contributed by atoms with van der Waals surface area (Å²) in [7, 11) is 0. The minimum absolute atomic E-state index is 0.144. The predicted molar refractivity (Wildman–Crippen MR) is 139 cm³/mol. The molecule has 3 heterocycles. The highest BCUT2D eigenvalue weighted by molar-refractivity contribution is 9.10. The van der Waals surface area contributed by atoms with Crippen molar-refractivity contribution in [2.75, 3.05) is 31.6 Å². The molecule has 2 fully saturated rings. The number of morpholine rings is 1. The molecule has 1 saturated heterocycles. The molecule has 9 heteroatoms. The molecular formula is C26H29BrN6O2. The number of nitrogens with one attached hydrogen (secondary N) is 2. The number of carbonyl (C=O) groups excluding carboxylic acids is 1. The second kappa shape index (κ2) is 9.37. The fraction of sp³-hybridized carbons (Fsp3) is 0.423. The van der Waals surface area contributed by atoms with Crippen molar-refractivity contribution in [1.29, 1.82) is 0 Å². The fourth-order valence-corrected chi connectivity index (χ4v) is 6.23. The number of carbonyl (C=O) groups is 1. The summed E-state index contributed by atoms with van der Waals surface area (Å²) in [6.07, 6.45) is 7.74. The number of allylic oxidation sites excluding steroid dienone is 1. The maximum Gasteiger partial charge on any atom is 0.217 e. The number of nitrogens with zero attached hydrogens (tertiary/aromatic N) is 3. The lowest BCUT2D eigenvalue weighted by molar-refractivity contribution is -0.119. The smallest absolute Gasteiger partial charge is 0.217 e. The molecule has 6 rings (SSSR count). The van der Waals surface area contributed by atoms with Crippen molar-refractivity contribution in [3.8, 4) is 11.4 Å². The van der Waals surface area contributed by atoms with E-state index < -0.39 is 0 Å². The van der Waals surface area contributed by atoms with Crippen LogP contribution in [0.4, 0.5) is 5.69 Å². The topological polar surface area (TPSA) is 109 Å². The van der Waals surface area contributed by atoms with Crippen LogP contribution in [0.15, 0.2) is 47.1 Å². The second-order valence-electron chi connectivity index (χ2n) is 9.80. The highest BCUT2D eigenvalue weighted by Gasteiger charge is 2.45. The molecule has 2 aromatic heterocycles. The van der Waals surface area contributed by atoms with Gasteiger partial charge in [0.25, 0.3) is 0 Å². The van der Waals surface area contributed by atoms with Crippen molar-refractivity contribution < 1.29 is 9.53 Å². The van der Waals surface area contributed by atoms with Gasteiger partial charge in [-0.25, -0.2) is 9.97 Å². The number of anilines is 1. The third kappa shape index (κ3) is 4.48. The van der Waals surface area contributed by atoms with E-state index in [2.05, 4.69) is 72.5 Å². The molecule has 8 nitrogen and oxygen atoms in total. The Bertz CT molecular complexity index is 1270. The summed E-state index contributed by atoms with van der Waals surface area (Å²) < 4.78 is 6.31. The average molecular weight is 537 g/mol. The number of ether oxygens (including phenoxy) is 1. The molecule has 0 radical (unpaired) electrons. The van der Waals surface area contributed by atoms with Crippen LogP contribution >= 0.6 is 15.9 Å². The van der Waals surface area contributed by atoms with Gasteiger partial charge in [-0.2, -0.15) is 0 Å². The standard InChI is InChI=1S/C26H29BrN6O2/c27-20-13-29-26-24(23(20)30-22-18-6-5-17(11-18)19(22)12-21(28)34)31-25(32-26)16-3-1-15(2-4-16)14-33-7-9-35-10-8-33/h1-6,13,17-19,22H,7-12,14H2,(H2,28,34)(H2,29,30,31,32). The van der Waals surface area contributed by atoms with E-state index in [9.17, 15) is 4.79 Å². The van der Waals surface area contributed by atoms with E-state index >= 15 is 0 Å². The molecule has 3 aromatic rings. The maximum absolute atomic E-state index is 11.7. The molecule has 3 aliphatic rings. The molecule has 4 unspecified atom stereocenters. The van der Waals surface area contributed by atoms with E-state index in [1.807, 2.05) is 0 Å². The van der Waals surface area contributed by atoms with Crippen LogP contribution in [-0.4, -0.2) is 58.1 Å². The number of nitrogens with two attached hydrogens (primary N) is 1. The molecule has 1 aromatic carbocycles. The van der Waals surface area contributed by atoms with Gasteiger partial charge < -0.3 is 20.8 Å². The maximum atomic E-state index is 11.7. The SMILES string of the molecule is NC(=O)CC1C2C=CC(C2)C1Nc1c(Br)cnc2nc(-c3ccc(CN4CCOCC4)cc3)[nH]c12. The number of H-pyrrole nitrogens is 1. The summed E-state index contributed by atoms with van der Waals surface area (Å²) >= 11 is 3.67. The largest absolute Gasteiger partial charge is 0.379 e. The first-order valence-corrected chi connectivity index (χ1v) is 13.0. The average Bonchev–Trinajstić information content (AvgIpc) is 3.58. The summed E-state index contributed by atoms with van der Waals surface area (Å²) in [4.78, 5) is 27.0. The zero-order valence-electron chi connectivity index (χ0n) is 19.4. The number of primary amides is 1. The normalized spacial score (nSPS) is 26.0. The molecule has 4 atom stereocenters. The zero-order valence-corrected chi connectivity index (χ0v) is 21.0. The Labute approximate surface area is 212 Å². The van der Waals surface area contributed by atoms with Crippen LogP contribution in [0.25, 0.3) is 22.6 Å². The number of fused-ring (bicyclic) bond motifs is 3. The van der Waals surface area contributed by atoms with Gasteiger partial charge in [-0.05, 0) is 45.7 Å². The Balaban J connectivity index is 1.25. The number of hydrogen-bond donors (Lipinski definition) is 3. The predicted octanol–water partition coefficient (Wildman–Crippen LogP) is 3.70. The number of amides is 1. The van der Waals surface area contributed by atoms with Gasteiger partial charge >= 0.3 is 0 Å². The number of halogens is 1. The van der Waals surface area contributed by atoms with E-state index in [0.29, 0.717) is 23.9 Å². The monoisotopic (exact) mass is 536 g/mol. The summed E-state index contributed by atoms with van der Waals surface area (Å²) in [5, 5.41) is 3.73. The van der Waals surface area contributed by atoms with Gasteiger partial charge in [-0.3, -0.25) is 9.69 Å². The Hall–Kier alpha value is -2.75. The quantitative estimate of drug-likeness (QED) is 0.397. The van der Waals surface area contributed by atoms with Crippen LogP contribution in [0.1, 0.15) is 18.4 Å². The lowest BCUT2D eigenvalue weighted by Crippen LogP contribution is -2.35. The number of pyridine rings is 1. The molecule has 2 bridgehead atoms. The minimum atomic E-state index is -0.248. The van der Waals surface area contributed by atoms with Gasteiger partial charge in [0.15, 0.2) is 5.65 Å². The highest BCUT2D eigenvalue weighted by Crippen LogP contribution is 2.47. The fourth-order valence-electron chi connectivity index (χ4n) is 5.81. The van der Waals surface area contributed by atoms with Gasteiger partial charge in [-0.15, -0.1) is 0 Å². The number of imidazole rings is 1. The molecule has 182 valence electrons. The van der Waals surface area contributed by atoms with Crippen LogP contribution in [0.5, 0.6) is 0 Å². The highest BCUT2D eigenvalue weighted by atomic mass is 79.9. The number of aromatic amines is 1. The Kier molecular flexibility index (Phi) is 6.07. The zero-order chi connectivity index (χ0) is 23.9. The molecular weight excluding hydrogens is 508 g/mol. The van der Waals surface area contributed by atoms with Crippen molar-refractivity contribution in [1.82, 2.24) is 19.9 Å². The summed E-state index contributed by atoms with van der Waals surface area (Å²) in [6, 6.07) is 8.69.